The molecule has 3 nitrogen and oxygen atoms in total. The van der Waals surface area contributed by atoms with Gasteiger partial charge in [0.15, 0.2) is 0 Å². The molecule has 0 amide bonds. The van der Waals surface area contributed by atoms with E-state index in [1.54, 1.807) is 0 Å². The van der Waals surface area contributed by atoms with Crippen LogP contribution in [0.15, 0.2) is 0 Å². The zero-order chi connectivity index (χ0) is 8.55. The Bertz CT molecular complexity index is 184. The van der Waals surface area contributed by atoms with Crippen LogP contribution in [0.5, 0.6) is 0 Å². The molecule has 0 spiro atoms. The highest BCUT2D eigenvalue weighted by Crippen LogP contribution is 2.44. The molecule has 0 aromatic rings. The van der Waals surface area contributed by atoms with Crippen LogP contribution in [0.25, 0.3) is 0 Å². The van der Waals surface area contributed by atoms with Gasteiger partial charge >= 0.3 is 5.97 Å². The van der Waals surface area contributed by atoms with Gasteiger partial charge in [-0.05, 0) is 31.6 Å². The Kier molecular flexibility index (Phi) is 2.05. The molecule has 1 saturated carbocycles. The second-order valence-corrected chi connectivity index (χ2v) is 3.75. The lowest BCUT2D eigenvalue weighted by atomic mass is 10.0. The van der Waals surface area contributed by atoms with E-state index < -0.39 is 5.97 Å². The Morgan fingerprint density at radius 1 is 1.42 bits per heavy atom. The quantitative estimate of drug-likeness (QED) is 0.679. The van der Waals surface area contributed by atoms with Gasteiger partial charge in [-0.15, -0.1) is 0 Å². The molecule has 2 aliphatic rings. The van der Waals surface area contributed by atoms with Crippen molar-refractivity contribution in [2.45, 2.75) is 31.8 Å². The summed E-state index contributed by atoms with van der Waals surface area (Å²) in [6.07, 6.45) is 4.49. The molecule has 1 unspecified atom stereocenters. The van der Waals surface area contributed by atoms with Gasteiger partial charge < -0.3 is 9.84 Å². The lowest BCUT2D eigenvalue weighted by Gasteiger charge is -2.22. The summed E-state index contributed by atoms with van der Waals surface area (Å²) >= 11 is 0. The first-order valence-corrected chi connectivity index (χ1v) is 4.63. The molecule has 1 saturated heterocycles. The Hall–Kier alpha value is -0.570. The zero-order valence-electron chi connectivity index (χ0n) is 7.03. The monoisotopic (exact) mass is 170 g/mol. The third-order valence-electron chi connectivity index (χ3n) is 2.85. The predicted molar refractivity (Wildman–Crippen MR) is 42.8 cm³/mol. The molecule has 2 rings (SSSR count). The molecule has 1 aliphatic heterocycles. The molecule has 3 atom stereocenters. The summed E-state index contributed by atoms with van der Waals surface area (Å²) in [6, 6.07) is 0. The lowest BCUT2D eigenvalue weighted by molar-refractivity contribution is -0.139. The van der Waals surface area contributed by atoms with Crippen LogP contribution < -0.4 is 0 Å². The maximum Gasteiger partial charge on any atom is 0.306 e. The number of carbonyl (C=O) groups is 1. The summed E-state index contributed by atoms with van der Waals surface area (Å²) in [7, 11) is 0. The van der Waals surface area contributed by atoms with Crippen molar-refractivity contribution in [3.63, 3.8) is 0 Å². The van der Waals surface area contributed by atoms with E-state index in [1.807, 2.05) is 0 Å². The van der Waals surface area contributed by atoms with E-state index in [-0.39, 0.29) is 12.0 Å². The van der Waals surface area contributed by atoms with E-state index in [0.717, 1.165) is 25.9 Å². The number of aliphatic carboxylic acids is 1. The first kappa shape index (κ1) is 8.05. The minimum atomic E-state index is -0.644. The van der Waals surface area contributed by atoms with Crippen LogP contribution in [-0.2, 0) is 9.53 Å². The van der Waals surface area contributed by atoms with Gasteiger partial charge in [0.2, 0.25) is 0 Å². The lowest BCUT2D eigenvalue weighted by Crippen LogP contribution is -2.22. The van der Waals surface area contributed by atoms with Crippen molar-refractivity contribution in [1.82, 2.24) is 0 Å². The molecule has 68 valence electrons. The Morgan fingerprint density at radius 2 is 2.25 bits per heavy atom. The smallest absolute Gasteiger partial charge is 0.306 e. The average molecular weight is 170 g/mol. The number of rotatable bonds is 2. The predicted octanol–water partition coefficient (Wildman–Crippen LogP) is 1.28. The summed E-state index contributed by atoms with van der Waals surface area (Å²) < 4.78 is 5.52. The molecule has 3 heteroatoms. The van der Waals surface area contributed by atoms with Gasteiger partial charge in [-0.25, -0.2) is 0 Å². The minimum Gasteiger partial charge on any atom is -0.481 e. The topological polar surface area (TPSA) is 46.5 Å². The van der Waals surface area contributed by atoms with Gasteiger partial charge in [0, 0.05) is 6.61 Å². The van der Waals surface area contributed by atoms with Gasteiger partial charge in [0.1, 0.15) is 0 Å². The Morgan fingerprint density at radius 3 is 2.75 bits per heavy atom. The van der Waals surface area contributed by atoms with E-state index in [9.17, 15) is 4.79 Å². The average Bonchev–Trinajstić information content (AvgIpc) is 2.84. The molecular formula is C9H14O3. The van der Waals surface area contributed by atoms with E-state index in [0.29, 0.717) is 5.92 Å². The normalized spacial score (nSPS) is 40.8. The number of ether oxygens (including phenoxy) is 1. The first-order chi connectivity index (χ1) is 5.79. The van der Waals surface area contributed by atoms with Gasteiger partial charge in [0.05, 0.1) is 12.0 Å². The largest absolute Gasteiger partial charge is 0.481 e. The van der Waals surface area contributed by atoms with Crippen LogP contribution in [0.2, 0.25) is 0 Å². The summed E-state index contributed by atoms with van der Waals surface area (Å²) in [5, 5.41) is 8.70. The summed E-state index contributed by atoms with van der Waals surface area (Å²) in [6.45, 7) is 0.827. The Balaban J connectivity index is 1.83. The van der Waals surface area contributed by atoms with Crippen LogP contribution in [0.4, 0.5) is 0 Å². The Labute approximate surface area is 71.7 Å². The van der Waals surface area contributed by atoms with Crippen molar-refractivity contribution < 1.29 is 14.6 Å². The maximum atomic E-state index is 10.6. The highest BCUT2D eigenvalue weighted by atomic mass is 16.5. The molecule has 12 heavy (non-hydrogen) atoms. The van der Waals surface area contributed by atoms with Crippen molar-refractivity contribution in [3.05, 3.63) is 0 Å². The van der Waals surface area contributed by atoms with Gasteiger partial charge in [-0.1, -0.05) is 0 Å². The highest BCUT2D eigenvalue weighted by Gasteiger charge is 2.48. The second-order valence-electron chi connectivity index (χ2n) is 3.75. The molecule has 2 fully saturated rings. The number of carboxylic acids is 1. The molecule has 1 N–H and O–H groups in total. The van der Waals surface area contributed by atoms with Gasteiger partial charge in [0.25, 0.3) is 0 Å². The van der Waals surface area contributed by atoms with E-state index in [4.69, 9.17) is 9.84 Å². The summed E-state index contributed by atoms with van der Waals surface area (Å²) in [5.74, 6) is -0.426. The minimum absolute atomic E-state index is 0.104. The molecule has 0 radical (unpaired) electrons. The fourth-order valence-electron chi connectivity index (χ4n) is 2.01. The zero-order valence-corrected chi connectivity index (χ0v) is 7.03. The molecule has 0 aromatic heterocycles. The first-order valence-electron chi connectivity index (χ1n) is 4.63. The summed E-state index contributed by atoms with van der Waals surface area (Å²) in [5.41, 5.74) is 0. The van der Waals surface area contributed by atoms with Gasteiger partial charge in [-0.2, -0.15) is 0 Å². The van der Waals surface area contributed by atoms with Crippen molar-refractivity contribution in [3.8, 4) is 0 Å². The fraction of sp³-hybridized carbons (Fsp3) is 0.889. The van der Waals surface area contributed by atoms with Crippen molar-refractivity contribution in [2.75, 3.05) is 6.61 Å². The standard InChI is InChI=1S/C9H14O3/c10-9(11)7-5-6(7)8-3-1-2-4-12-8/h6-8H,1-5H2,(H,10,11)/t6-,7-,8?/m1/s1. The van der Waals surface area contributed by atoms with E-state index in [2.05, 4.69) is 0 Å². The molecule has 1 heterocycles. The third-order valence-corrected chi connectivity index (χ3v) is 2.85. The second kappa shape index (κ2) is 3.05. The SMILES string of the molecule is O=C(O)[C@@H]1C[C@H]1C1CCCCO1. The molecule has 0 bridgehead atoms. The van der Waals surface area contributed by atoms with Crippen molar-refractivity contribution >= 4 is 5.97 Å². The van der Waals surface area contributed by atoms with E-state index >= 15 is 0 Å². The van der Waals surface area contributed by atoms with Crippen LogP contribution >= 0.6 is 0 Å². The van der Waals surface area contributed by atoms with Gasteiger partial charge in [-0.3, -0.25) is 4.79 Å². The third kappa shape index (κ3) is 1.46. The number of carboxylic acid groups (broad SMARTS) is 1. The molecule has 1 aliphatic carbocycles. The van der Waals surface area contributed by atoms with Crippen LogP contribution in [0.3, 0.4) is 0 Å². The highest BCUT2D eigenvalue weighted by molar-refractivity contribution is 5.73. The van der Waals surface area contributed by atoms with Crippen LogP contribution in [0.1, 0.15) is 25.7 Å². The van der Waals surface area contributed by atoms with Crippen LogP contribution in [-0.4, -0.2) is 23.8 Å². The number of hydrogen-bond acceptors (Lipinski definition) is 2. The number of hydrogen-bond donors (Lipinski definition) is 1. The molecular weight excluding hydrogens is 156 g/mol. The van der Waals surface area contributed by atoms with Crippen molar-refractivity contribution in [2.24, 2.45) is 11.8 Å². The molecule has 0 aromatic carbocycles. The summed E-state index contributed by atoms with van der Waals surface area (Å²) in [4.78, 5) is 10.6. The van der Waals surface area contributed by atoms with E-state index in [1.165, 1.54) is 6.42 Å². The van der Waals surface area contributed by atoms with Crippen LogP contribution in [0, 0.1) is 11.8 Å². The maximum absolute atomic E-state index is 10.6. The fourth-order valence-corrected chi connectivity index (χ4v) is 2.01. The van der Waals surface area contributed by atoms with Crippen molar-refractivity contribution in [1.29, 1.82) is 0 Å².